The van der Waals surface area contributed by atoms with Crippen LogP contribution in [0.4, 0.5) is 8.78 Å². The highest BCUT2D eigenvalue weighted by Gasteiger charge is 2.32. The van der Waals surface area contributed by atoms with E-state index in [1.165, 1.54) is 44.6 Å². The Morgan fingerprint density at radius 1 is 0.963 bits per heavy atom. The Morgan fingerprint density at radius 2 is 1.63 bits per heavy atom. The van der Waals surface area contributed by atoms with Crippen LogP contribution in [0.5, 0.6) is 0 Å². The summed E-state index contributed by atoms with van der Waals surface area (Å²) in [5.74, 6) is -0.965. The van der Waals surface area contributed by atoms with Crippen molar-refractivity contribution in [2.45, 2.75) is 103 Å². The fourth-order valence-corrected chi connectivity index (χ4v) is 5.33. The van der Waals surface area contributed by atoms with E-state index >= 15 is 8.78 Å². The van der Waals surface area contributed by atoms with Gasteiger partial charge in [0, 0.05) is 12.3 Å². The lowest BCUT2D eigenvalue weighted by atomic mass is 9.68. The summed E-state index contributed by atoms with van der Waals surface area (Å²) in [6, 6.07) is 2.20. The first-order chi connectivity index (χ1) is 16.6. The van der Waals surface area contributed by atoms with Gasteiger partial charge < -0.3 is 0 Å². The van der Waals surface area contributed by atoms with E-state index in [0.717, 1.165) is 24.8 Å². The number of rotatable bonds is 7. The normalized spacial score (nSPS) is 36.0. The third-order valence-corrected chi connectivity index (χ3v) is 6.84. The molecule has 0 aromatic heterocycles. The summed E-state index contributed by atoms with van der Waals surface area (Å²) >= 11 is 0. The van der Waals surface area contributed by atoms with E-state index in [9.17, 15) is 0 Å². The first-order valence-corrected chi connectivity index (χ1v) is 10.5. The SMILES string of the molecule is [2H]C([2H])([2H])C([2H])([2H])C([2H])([2H])C([2H])([2H])c1ccc(C2CCC(C3CCC(CCC)CC3)CC2)c(F)c1F. The Balaban J connectivity index is 1.74. The van der Waals surface area contributed by atoms with Crippen LogP contribution in [0.3, 0.4) is 0 Å². The zero-order valence-corrected chi connectivity index (χ0v) is 16.3. The molecule has 1 aromatic carbocycles. The summed E-state index contributed by atoms with van der Waals surface area (Å²) in [4.78, 5) is 0. The molecule has 2 heteroatoms. The molecule has 2 aliphatic carbocycles. The van der Waals surface area contributed by atoms with Gasteiger partial charge in [-0.05, 0) is 86.1 Å². The predicted octanol–water partition coefficient (Wildman–Crippen LogP) is 8.19. The Morgan fingerprint density at radius 3 is 2.26 bits per heavy atom. The number of aryl methyl sites for hydroxylation is 1. The molecular formula is C25H38F2. The van der Waals surface area contributed by atoms with E-state index in [-0.39, 0.29) is 11.5 Å². The molecule has 2 fully saturated rings. The third-order valence-electron chi connectivity index (χ3n) is 6.84. The molecule has 0 aliphatic heterocycles. The Kier molecular flexibility index (Phi) is 4.43. The van der Waals surface area contributed by atoms with E-state index < -0.39 is 43.2 Å². The van der Waals surface area contributed by atoms with Crippen LogP contribution in [-0.4, -0.2) is 0 Å². The fraction of sp³-hybridized carbons (Fsp3) is 0.760. The molecule has 0 bridgehead atoms. The van der Waals surface area contributed by atoms with Gasteiger partial charge in [0.05, 0.1) is 0 Å². The largest absolute Gasteiger partial charge is 0.203 e. The first kappa shape index (κ1) is 11.9. The highest BCUT2D eigenvalue weighted by atomic mass is 19.2. The quantitative estimate of drug-likeness (QED) is 0.444. The molecule has 0 atom stereocenters. The Bertz CT molecular complexity index is 898. The van der Waals surface area contributed by atoms with Gasteiger partial charge in [-0.15, -0.1) is 0 Å². The van der Waals surface area contributed by atoms with E-state index in [1.807, 2.05) is 0 Å². The molecule has 0 spiro atoms. The van der Waals surface area contributed by atoms with Crippen molar-refractivity contribution in [3.63, 3.8) is 0 Å². The van der Waals surface area contributed by atoms with Crippen molar-refractivity contribution in [3.8, 4) is 0 Å². The van der Waals surface area contributed by atoms with E-state index in [4.69, 9.17) is 12.3 Å². The van der Waals surface area contributed by atoms with Crippen LogP contribution in [0, 0.1) is 29.4 Å². The smallest absolute Gasteiger partial charge is 0.162 e. The van der Waals surface area contributed by atoms with Crippen LogP contribution in [0.15, 0.2) is 12.1 Å². The number of hydrogen-bond acceptors (Lipinski definition) is 0. The number of hydrogen-bond donors (Lipinski definition) is 0. The second-order valence-electron chi connectivity index (χ2n) is 8.39. The summed E-state index contributed by atoms with van der Waals surface area (Å²) in [5.41, 5.74) is -0.893. The predicted molar refractivity (Wildman–Crippen MR) is 110 cm³/mol. The van der Waals surface area contributed by atoms with Crippen molar-refractivity contribution in [2.75, 3.05) is 0 Å². The van der Waals surface area contributed by atoms with Gasteiger partial charge in [-0.2, -0.15) is 0 Å². The monoisotopic (exact) mass is 385 g/mol. The summed E-state index contributed by atoms with van der Waals surface area (Å²) in [7, 11) is 0. The molecule has 152 valence electrons. The minimum absolute atomic E-state index is 0.122. The van der Waals surface area contributed by atoms with Crippen molar-refractivity contribution in [2.24, 2.45) is 17.8 Å². The Labute approximate surface area is 177 Å². The second kappa shape index (κ2) is 10.0. The summed E-state index contributed by atoms with van der Waals surface area (Å²) < 4.78 is 99.9. The zero-order valence-electron chi connectivity index (χ0n) is 25.3. The van der Waals surface area contributed by atoms with E-state index in [0.29, 0.717) is 24.7 Å². The summed E-state index contributed by atoms with van der Waals surface area (Å²) in [6.07, 6.45) is 0.0597. The average molecular weight is 386 g/mol. The minimum atomic E-state index is -3.66. The lowest BCUT2D eigenvalue weighted by molar-refractivity contribution is 0.156. The second-order valence-corrected chi connectivity index (χ2v) is 8.39. The van der Waals surface area contributed by atoms with Gasteiger partial charge in [-0.3, -0.25) is 0 Å². The van der Waals surface area contributed by atoms with E-state index in [1.54, 1.807) is 0 Å². The standard InChI is InChI=1S/C25H38F2/c1-3-5-7-22-16-17-23(25(27)24(22)26)21-14-12-20(13-15-21)19-10-8-18(6-4-2)9-11-19/h16-21H,3-15H2,1-2H3/i1D3,3D2,5D2,7D2. The Hall–Kier alpha value is -0.920. The topological polar surface area (TPSA) is 0 Å². The molecule has 2 aliphatic rings. The van der Waals surface area contributed by atoms with Crippen LogP contribution < -0.4 is 0 Å². The fourth-order valence-electron chi connectivity index (χ4n) is 5.33. The molecule has 0 amide bonds. The molecule has 0 saturated heterocycles. The van der Waals surface area contributed by atoms with Crippen molar-refractivity contribution in [3.05, 3.63) is 34.9 Å². The van der Waals surface area contributed by atoms with Crippen molar-refractivity contribution >= 4 is 0 Å². The van der Waals surface area contributed by atoms with Crippen LogP contribution in [0.1, 0.15) is 120 Å². The van der Waals surface area contributed by atoms with Gasteiger partial charge in [0.2, 0.25) is 0 Å². The molecule has 0 radical (unpaired) electrons. The number of halogens is 2. The molecule has 0 unspecified atom stereocenters. The molecular weight excluding hydrogens is 338 g/mol. The summed E-state index contributed by atoms with van der Waals surface area (Å²) in [6.45, 7) is -1.28. The first-order valence-electron chi connectivity index (χ1n) is 15.0. The van der Waals surface area contributed by atoms with Crippen molar-refractivity contribution in [1.82, 2.24) is 0 Å². The third kappa shape index (κ3) is 5.12. The van der Waals surface area contributed by atoms with Gasteiger partial charge in [-0.1, -0.05) is 58.0 Å². The van der Waals surface area contributed by atoms with Gasteiger partial charge in [-0.25, -0.2) is 8.78 Å². The zero-order chi connectivity index (χ0) is 27.1. The maximum atomic E-state index is 15.2. The molecule has 0 N–H and O–H groups in total. The summed E-state index contributed by atoms with van der Waals surface area (Å²) in [5, 5.41) is 0. The van der Waals surface area contributed by atoms with Crippen LogP contribution >= 0.6 is 0 Å². The number of benzene rings is 1. The van der Waals surface area contributed by atoms with Crippen LogP contribution in [-0.2, 0) is 6.37 Å². The van der Waals surface area contributed by atoms with Gasteiger partial charge in [0.1, 0.15) is 0 Å². The molecule has 27 heavy (non-hydrogen) atoms. The van der Waals surface area contributed by atoms with Crippen LogP contribution in [0.25, 0.3) is 0 Å². The maximum absolute atomic E-state index is 15.2. The lowest BCUT2D eigenvalue weighted by Crippen LogP contribution is -2.25. The molecule has 1 aromatic rings. The van der Waals surface area contributed by atoms with Crippen LogP contribution in [0.2, 0.25) is 0 Å². The van der Waals surface area contributed by atoms with Gasteiger partial charge >= 0.3 is 0 Å². The minimum Gasteiger partial charge on any atom is -0.203 e. The van der Waals surface area contributed by atoms with Gasteiger partial charge in [0.15, 0.2) is 11.6 Å². The highest BCUT2D eigenvalue weighted by molar-refractivity contribution is 5.29. The average Bonchev–Trinajstić information content (AvgIpc) is 2.80. The van der Waals surface area contributed by atoms with Gasteiger partial charge in [0.25, 0.3) is 0 Å². The molecule has 3 rings (SSSR count). The molecule has 0 heterocycles. The van der Waals surface area contributed by atoms with Crippen molar-refractivity contribution < 1.29 is 21.1 Å². The van der Waals surface area contributed by atoms with E-state index in [2.05, 4.69) is 6.92 Å². The van der Waals surface area contributed by atoms with Crippen molar-refractivity contribution in [1.29, 1.82) is 0 Å². The highest BCUT2D eigenvalue weighted by Crippen LogP contribution is 2.45. The molecule has 2 saturated carbocycles. The lowest BCUT2D eigenvalue weighted by Gasteiger charge is -2.38. The molecule has 0 nitrogen and oxygen atoms in total. The maximum Gasteiger partial charge on any atom is 0.162 e.